The molecule has 0 fully saturated rings. The molecule has 4 nitrogen and oxygen atoms in total. The first-order valence-corrected chi connectivity index (χ1v) is 9.55. The normalized spacial score (nSPS) is 16.6. The second-order valence-corrected chi connectivity index (χ2v) is 7.35. The van der Waals surface area contributed by atoms with Crippen LogP contribution in [0.2, 0.25) is 0 Å². The van der Waals surface area contributed by atoms with Crippen molar-refractivity contribution >= 4 is 23.4 Å². The van der Waals surface area contributed by atoms with Crippen LogP contribution in [0.15, 0.2) is 82.4 Å². The first-order chi connectivity index (χ1) is 13.9. The number of hydrogen-bond donors (Lipinski definition) is 2. The highest BCUT2D eigenvalue weighted by Gasteiger charge is 2.38. The van der Waals surface area contributed by atoms with Crippen LogP contribution in [0.4, 0.5) is 13.2 Å². The van der Waals surface area contributed by atoms with Crippen molar-refractivity contribution in [3.05, 3.63) is 100 Å². The summed E-state index contributed by atoms with van der Waals surface area (Å²) in [5.41, 5.74) is 1.32. The molecule has 2 heterocycles. The molecule has 1 aromatic heterocycles. The molecular formula is C21H15F3N2O2S. The van der Waals surface area contributed by atoms with E-state index in [9.17, 15) is 18.0 Å². The average Bonchev–Trinajstić information content (AvgIpc) is 3.37. The molecule has 1 unspecified atom stereocenters. The van der Waals surface area contributed by atoms with Gasteiger partial charge in [-0.25, -0.2) is 0 Å². The Kier molecular flexibility index (Phi) is 5.10. The van der Waals surface area contributed by atoms with Gasteiger partial charge < -0.3 is 15.1 Å². The van der Waals surface area contributed by atoms with Gasteiger partial charge in [-0.2, -0.15) is 13.2 Å². The third-order valence-electron chi connectivity index (χ3n) is 4.31. The number of benzene rings is 2. The molecule has 2 N–H and O–H groups in total. The van der Waals surface area contributed by atoms with E-state index in [-0.39, 0.29) is 5.37 Å². The number of carbonyl (C=O) groups is 1. The van der Waals surface area contributed by atoms with Gasteiger partial charge in [0.05, 0.1) is 12.0 Å². The maximum atomic E-state index is 13.1. The average molecular weight is 416 g/mol. The third-order valence-corrected chi connectivity index (χ3v) is 5.47. The summed E-state index contributed by atoms with van der Waals surface area (Å²) >= 11 is 1.32. The van der Waals surface area contributed by atoms with E-state index in [1.807, 2.05) is 60.7 Å². The first kappa shape index (κ1) is 19.2. The second-order valence-electron chi connectivity index (χ2n) is 6.24. The van der Waals surface area contributed by atoms with Gasteiger partial charge >= 0.3 is 6.18 Å². The van der Waals surface area contributed by atoms with Gasteiger partial charge in [-0.1, -0.05) is 72.4 Å². The highest BCUT2D eigenvalue weighted by atomic mass is 32.2. The van der Waals surface area contributed by atoms with Crippen molar-refractivity contribution in [2.45, 2.75) is 11.6 Å². The van der Waals surface area contributed by atoms with Gasteiger partial charge in [0, 0.05) is 5.56 Å². The Balaban J connectivity index is 1.65. The van der Waals surface area contributed by atoms with Crippen molar-refractivity contribution in [1.29, 1.82) is 0 Å². The zero-order chi connectivity index (χ0) is 20.4. The summed E-state index contributed by atoms with van der Waals surface area (Å²) in [5, 5.41) is 6.17. The molecule has 0 bridgehead atoms. The van der Waals surface area contributed by atoms with Crippen LogP contribution in [0.3, 0.4) is 0 Å². The van der Waals surface area contributed by atoms with Crippen LogP contribution in [0.5, 0.6) is 0 Å². The van der Waals surface area contributed by atoms with Crippen LogP contribution in [-0.2, 0) is 6.18 Å². The fourth-order valence-corrected chi connectivity index (χ4v) is 4.11. The molecule has 1 atom stereocenters. The molecule has 1 amide bonds. The number of rotatable bonds is 4. The third kappa shape index (κ3) is 4.02. The van der Waals surface area contributed by atoms with Crippen molar-refractivity contribution in [3.8, 4) is 0 Å². The Labute approximate surface area is 168 Å². The number of hydrogen-bond acceptors (Lipinski definition) is 4. The monoisotopic (exact) mass is 416 g/mol. The van der Waals surface area contributed by atoms with Gasteiger partial charge in [0.25, 0.3) is 5.91 Å². The Bertz CT molecular complexity index is 1050. The predicted octanol–water partition coefficient (Wildman–Crippen LogP) is 5.39. The van der Waals surface area contributed by atoms with E-state index in [1.165, 1.54) is 11.8 Å². The predicted molar refractivity (Wildman–Crippen MR) is 104 cm³/mol. The van der Waals surface area contributed by atoms with Crippen molar-refractivity contribution in [2.24, 2.45) is 0 Å². The van der Waals surface area contributed by atoms with Gasteiger partial charge in [-0.3, -0.25) is 4.79 Å². The van der Waals surface area contributed by atoms with Crippen LogP contribution in [0.1, 0.15) is 32.6 Å². The van der Waals surface area contributed by atoms with Crippen LogP contribution >= 0.6 is 11.8 Å². The molecule has 0 aliphatic carbocycles. The lowest BCUT2D eigenvalue weighted by Crippen LogP contribution is -2.24. The lowest BCUT2D eigenvalue weighted by atomic mass is 10.1. The molecule has 29 heavy (non-hydrogen) atoms. The zero-order valence-corrected chi connectivity index (χ0v) is 15.7. The van der Waals surface area contributed by atoms with Gasteiger partial charge in [0.2, 0.25) is 5.76 Å². The summed E-state index contributed by atoms with van der Waals surface area (Å²) in [5.74, 6) is -1.71. The lowest BCUT2D eigenvalue weighted by Gasteiger charge is -2.12. The summed E-state index contributed by atoms with van der Waals surface area (Å²) in [6.07, 6.45) is -3.82. The van der Waals surface area contributed by atoms with Gasteiger partial charge in [-0.15, -0.1) is 0 Å². The van der Waals surface area contributed by atoms with Crippen LogP contribution in [0, 0.1) is 0 Å². The molecule has 4 rings (SSSR count). The topological polar surface area (TPSA) is 54.3 Å². The molecule has 0 saturated carbocycles. The number of carbonyl (C=O) groups excluding carboxylic acids is 1. The van der Waals surface area contributed by atoms with Crippen LogP contribution < -0.4 is 10.6 Å². The Morgan fingerprint density at radius 1 is 1.00 bits per heavy atom. The fourth-order valence-electron chi connectivity index (χ4n) is 2.96. The Morgan fingerprint density at radius 3 is 2.31 bits per heavy atom. The highest BCUT2D eigenvalue weighted by molar-refractivity contribution is 8.03. The zero-order valence-electron chi connectivity index (χ0n) is 14.9. The molecule has 0 saturated heterocycles. The standard InChI is InChI=1S/C21H15F3N2O2S/c22-21(23,24)15-11-12-28-17(15)18(27)26-20-16(13-7-3-1-4-8-13)25-19(29-20)14-9-5-2-6-10-14/h1-12,19,25H,(H,26,27). The number of furan rings is 1. The number of halogens is 3. The number of alkyl halides is 3. The molecular weight excluding hydrogens is 401 g/mol. The molecule has 3 aromatic rings. The molecule has 148 valence electrons. The van der Waals surface area contributed by atoms with Crippen molar-refractivity contribution < 1.29 is 22.4 Å². The number of amides is 1. The van der Waals surface area contributed by atoms with Crippen molar-refractivity contribution in [3.63, 3.8) is 0 Å². The maximum Gasteiger partial charge on any atom is 0.420 e. The first-order valence-electron chi connectivity index (χ1n) is 8.67. The number of nitrogens with one attached hydrogen (secondary N) is 2. The van der Waals surface area contributed by atoms with E-state index in [1.54, 1.807) is 0 Å². The fraction of sp³-hybridized carbons (Fsp3) is 0.0952. The second kappa shape index (κ2) is 7.71. The lowest BCUT2D eigenvalue weighted by molar-refractivity contribution is -0.138. The SMILES string of the molecule is O=C(NC1=C(c2ccccc2)NC(c2ccccc2)S1)c1occc1C(F)(F)F. The summed E-state index contributed by atoms with van der Waals surface area (Å²) in [4.78, 5) is 12.6. The minimum absolute atomic E-state index is 0.194. The summed E-state index contributed by atoms with van der Waals surface area (Å²) in [7, 11) is 0. The molecule has 2 aromatic carbocycles. The van der Waals surface area contributed by atoms with E-state index >= 15 is 0 Å². The molecule has 0 spiro atoms. The van der Waals surface area contributed by atoms with E-state index in [4.69, 9.17) is 4.42 Å². The van der Waals surface area contributed by atoms with E-state index in [0.29, 0.717) is 10.7 Å². The molecule has 8 heteroatoms. The molecule has 1 aliphatic heterocycles. The van der Waals surface area contributed by atoms with Gasteiger partial charge in [0.15, 0.2) is 0 Å². The van der Waals surface area contributed by atoms with Crippen molar-refractivity contribution in [2.75, 3.05) is 0 Å². The van der Waals surface area contributed by atoms with Crippen LogP contribution in [0.25, 0.3) is 5.70 Å². The van der Waals surface area contributed by atoms with E-state index in [0.717, 1.165) is 23.5 Å². The summed E-state index contributed by atoms with van der Waals surface area (Å²) in [6.45, 7) is 0. The molecule has 1 aliphatic rings. The van der Waals surface area contributed by atoms with Gasteiger partial charge in [-0.05, 0) is 11.6 Å². The minimum Gasteiger partial charge on any atom is -0.459 e. The minimum atomic E-state index is -4.68. The Hall–Kier alpha value is -3.13. The maximum absolute atomic E-state index is 13.1. The highest BCUT2D eigenvalue weighted by Crippen LogP contribution is 2.42. The van der Waals surface area contributed by atoms with E-state index < -0.39 is 23.4 Å². The van der Waals surface area contributed by atoms with Crippen molar-refractivity contribution in [1.82, 2.24) is 10.6 Å². The summed E-state index contributed by atoms with van der Waals surface area (Å²) in [6, 6.07) is 19.6. The molecule has 0 radical (unpaired) electrons. The summed E-state index contributed by atoms with van der Waals surface area (Å²) < 4.78 is 44.2. The smallest absolute Gasteiger partial charge is 0.420 e. The number of thioether (sulfide) groups is 1. The largest absolute Gasteiger partial charge is 0.459 e. The quantitative estimate of drug-likeness (QED) is 0.599. The van der Waals surface area contributed by atoms with Crippen LogP contribution in [-0.4, -0.2) is 5.91 Å². The van der Waals surface area contributed by atoms with Gasteiger partial charge in [0.1, 0.15) is 16.0 Å². The Morgan fingerprint density at radius 2 is 1.66 bits per heavy atom. The van der Waals surface area contributed by atoms with E-state index in [2.05, 4.69) is 10.6 Å².